The Morgan fingerprint density at radius 2 is 1.88 bits per heavy atom. The van der Waals surface area contributed by atoms with Crippen LogP contribution in [0.3, 0.4) is 0 Å². The van der Waals surface area contributed by atoms with Gasteiger partial charge < -0.3 is 14.9 Å². The molecule has 0 aromatic rings. The van der Waals surface area contributed by atoms with Crippen LogP contribution in [-0.4, -0.2) is 35.5 Å². The molecule has 0 amide bonds. The third kappa shape index (κ3) is 4.88. The molecule has 0 aliphatic rings. The summed E-state index contributed by atoms with van der Waals surface area (Å²) in [6, 6.07) is 0. The summed E-state index contributed by atoms with van der Waals surface area (Å²) in [6.45, 7) is 7.16. The van der Waals surface area contributed by atoms with Crippen molar-refractivity contribution in [2.24, 2.45) is 11.8 Å². The van der Waals surface area contributed by atoms with Crippen molar-refractivity contribution in [2.45, 2.75) is 46.3 Å². The molecule has 0 rings (SSSR count). The Hall–Kier alpha value is -0.870. The Kier molecular flexibility index (Phi) is 7.07. The molecule has 0 heterocycles. The van der Waals surface area contributed by atoms with Gasteiger partial charge in [-0.05, 0) is 25.8 Å². The van der Waals surface area contributed by atoms with Crippen LogP contribution in [0.25, 0.3) is 0 Å². The molecule has 0 unspecified atom stereocenters. The summed E-state index contributed by atoms with van der Waals surface area (Å²) in [6.07, 6.45) is 1.17. The van der Waals surface area contributed by atoms with E-state index in [1.54, 1.807) is 19.9 Å². The summed E-state index contributed by atoms with van der Waals surface area (Å²) in [5, 5.41) is 19.6. The maximum Gasteiger partial charge on any atom is 0.311 e. The zero-order chi connectivity index (χ0) is 13.6. The van der Waals surface area contributed by atoms with Crippen LogP contribution in [0, 0.1) is 11.8 Å². The molecule has 4 heteroatoms. The van der Waals surface area contributed by atoms with Gasteiger partial charge in [0.1, 0.15) is 0 Å². The maximum absolute atomic E-state index is 11.3. The monoisotopic (exact) mass is 244 g/mol. The van der Waals surface area contributed by atoms with Crippen LogP contribution < -0.4 is 0 Å². The van der Waals surface area contributed by atoms with Gasteiger partial charge in [-0.1, -0.05) is 19.9 Å². The van der Waals surface area contributed by atoms with Crippen LogP contribution in [0.4, 0.5) is 0 Å². The first-order valence-corrected chi connectivity index (χ1v) is 5.97. The van der Waals surface area contributed by atoms with E-state index >= 15 is 0 Å². The van der Waals surface area contributed by atoms with Gasteiger partial charge in [0.25, 0.3) is 0 Å². The number of carbonyl (C=O) groups is 1. The molecule has 17 heavy (non-hydrogen) atoms. The molecule has 0 aromatic heterocycles. The average Bonchev–Trinajstić information content (AvgIpc) is 2.34. The second kappa shape index (κ2) is 7.45. The molecular weight excluding hydrogens is 220 g/mol. The average molecular weight is 244 g/mol. The Morgan fingerprint density at radius 1 is 1.35 bits per heavy atom. The summed E-state index contributed by atoms with van der Waals surface area (Å²) in [4.78, 5) is 11.3. The van der Waals surface area contributed by atoms with Crippen molar-refractivity contribution in [3.63, 3.8) is 0 Å². The maximum atomic E-state index is 11.3. The molecule has 4 atom stereocenters. The fraction of sp³-hybridized carbons (Fsp3) is 0.769. The zero-order valence-electron chi connectivity index (χ0n) is 11.3. The largest absolute Gasteiger partial charge is 0.469 e. The van der Waals surface area contributed by atoms with Crippen molar-refractivity contribution < 1.29 is 19.7 Å². The standard InChI is InChI=1S/C13H24O4/c1-6-11(14)8(2)7-9(3)12(15)10(4)13(16)17-5/h7-8,10-12,14-15H,6H2,1-5H3/b9-7+/t8-,10+,11+,12-/m0/s1. The summed E-state index contributed by atoms with van der Waals surface area (Å²) in [5.74, 6) is -1.07. The van der Waals surface area contributed by atoms with E-state index in [2.05, 4.69) is 4.74 Å². The molecule has 0 radical (unpaired) electrons. The Morgan fingerprint density at radius 3 is 2.29 bits per heavy atom. The van der Waals surface area contributed by atoms with Gasteiger partial charge in [0, 0.05) is 5.92 Å². The smallest absolute Gasteiger partial charge is 0.311 e. The number of methoxy groups -OCH3 is 1. The van der Waals surface area contributed by atoms with E-state index in [1.165, 1.54) is 7.11 Å². The molecule has 100 valence electrons. The summed E-state index contributed by atoms with van der Waals surface area (Å²) >= 11 is 0. The molecule has 4 nitrogen and oxygen atoms in total. The van der Waals surface area contributed by atoms with Crippen molar-refractivity contribution in [3.05, 3.63) is 11.6 Å². The summed E-state index contributed by atoms with van der Waals surface area (Å²) in [5.41, 5.74) is 0.683. The lowest BCUT2D eigenvalue weighted by atomic mass is 9.93. The number of esters is 1. The Labute approximate surface area is 103 Å². The van der Waals surface area contributed by atoms with Gasteiger partial charge in [-0.3, -0.25) is 4.79 Å². The second-order valence-electron chi connectivity index (χ2n) is 4.50. The van der Waals surface area contributed by atoms with Gasteiger partial charge >= 0.3 is 5.97 Å². The van der Waals surface area contributed by atoms with Crippen LogP contribution in [-0.2, 0) is 9.53 Å². The van der Waals surface area contributed by atoms with Crippen molar-refractivity contribution in [3.8, 4) is 0 Å². The minimum absolute atomic E-state index is 0.0421. The Bertz CT molecular complexity index is 273. The molecule has 2 N–H and O–H groups in total. The fourth-order valence-electron chi connectivity index (χ4n) is 1.71. The lowest BCUT2D eigenvalue weighted by molar-refractivity contribution is -0.147. The fourth-order valence-corrected chi connectivity index (χ4v) is 1.71. The minimum atomic E-state index is -0.867. The van der Waals surface area contributed by atoms with Crippen molar-refractivity contribution in [2.75, 3.05) is 7.11 Å². The first-order chi connectivity index (χ1) is 7.84. The van der Waals surface area contributed by atoms with Gasteiger partial charge in [-0.15, -0.1) is 0 Å². The molecular formula is C13H24O4. The highest BCUT2D eigenvalue weighted by Gasteiger charge is 2.24. The van der Waals surface area contributed by atoms with E-state index in [4.69, 9.17) is 0 Å². The van der Waals surface area contributed by atoms with Crippen LogP contribution in [0.2, 0.25) is 0 Å². The summed E-state index contributed by atoms with van der Waals surface area (Å²) in [7, 11) is 1.30. The quantitative estimate of drug-likeness (QED) is 0.549. The number of carbonyl (C=O) groups excluding carboxylic acids is 1. The normalized spacial score (nSPS) is 19.4. The molecule has 0 aliphatic heterocycles. The molecule has 0 aliphatic carbocycles. The topological polar surface area (TPSA) is 66.8 Å². The number of hydrogen-bond donors (Lipinski definition) is 2. The van der Waals surface area contributed by atoms with Crippen LogP contribution >= 0.6 is 0 Å². The van der Waals surface area contributed by atoms with E-state index in [0.29, 0.717) is 12.0 Å². The second-order valence-corrected chi connectivity index (χ2v) is 4.50. The van der Waals surface area contributed by atoms with E-state index in [9.17, 15) is 15.0 Å². The van der Waals surface area contributed by atoms with Gasteiger partial charge in [-0.2, -0.15) is 0 Å². The molecule has 0 fully saturated rings. The van der Waals surface area contributed by atoms with Crippen LogP contribution in [0.5, 0.6) is 0 Å². The van der Waals surface area contributed by atoms with Crippen LogP contribution in [0.1, 0.15) is 34.1 Å². The third-order valence-electron chi connectivity index (χ3n) is 3.06. The van der Waals surface area contributed by atoms with E-state index < -0.39 is 24.1 Å². The third-order valence-corrected chi connectivity index (χ3v) is 3.06. The first-order valence-electron chi connectivity index (χ1n) is 5.97. The van der Waals surface area contributed by atoms with Crippen molar-refractivity contribution in [1.82, 2.24) is 0 Å². The van der Waals surface area contributed by atoms with Gasteiger partial charge in [0.15, 0.2) is 0 Å². The van der Waals surface area contributed by atoms with Crippen LogP contribution in [0.15, 0.2) is 11.6 Å². The first kappa shape index (κ1) is 16.1. The lowest BCUT2D eigenvalue weighted by Gasteiger charge is -2.20. The molecule has 0 saturated heterocycles. The SMILES string of the molecule is CC[C@@H](O)[C@@H](C)/C=C(\C)[C@H](O)[C@@H](C)C(=O)OC. The highest BCUT2D eigenvalue weighted by molar-refractivity contribution is 5.73. The van der Waals surface area contributed by atoms with E-state index in [0.717, 1.165) is 0 Å². The predicted molar refractivity (Wildman–Crippen MR) is 66.4 cm³/mol. The highest BCUT2D eigenvalue weighted by atomic mass is 16.5. The summed E-state index contributed by atoms with van der Waals surface area (Å²) < 4.78 is 4.58. The number of aliphatic hydroxyl groups is 2. The Balaban J connectivity index is 4.63. The molecule has 0 aromatic carbocycles. The van der Waals surface area contributed by atoms with Crippen molar-refractivity contribution in [1.29, 1.82) is 0 Å². The number of hydrogen-bond acceptors (Lipinski definition) is 4. The van der Waals surface area contributed by atoms with E-state index in [-0.39, 0.29) is 5.92 Å². The molecule has 0 bridgehead atoms. The number of rotatable bonds is 6. The molecule has 0 saturated carbocycles. The number of aliphatic hydroxyl groups excluding tert-OH is 2. The van der Waals surface area contributed by atoms with Gasteiger partial charge in [0.2, 0.25) is 0 Å². The molecule has 0 spiro atoms. The highest BCUT2D eigenvalue weighted by Crippen LogP contribution is 2.18. The predicted octanol–water partition coefficient (Wildman–Crippen LogP) is 1.51. The van der Waals surface area contributed by atoms with Crippen molar-refractivity contribution >= 4 is 5.97 Å². The lowest BCUT2D eigenvalue weighted by Crippen LogP contribution is -2.28. The zero-order valence-corrected chi connectivity index (χ0v) is 11.3. The van der Waals surface area contributed by atoms with E-state index in [1.807, 2.05) is 13.8 Å². The van der Waals surface area contributed by atoms with Gasteiger partial charge in [-0.25, -0.2) is 0 Å². The number of ether oxygens (including phenoxy) is 1. The van der Waals surface area contributed by atoms with Gasteiger partial charge in [0.05, 0.1) is 25.2 Å². The minimum Gasteiger partial charge on any atom is -0.469 e.